The summed E-state index contributed by atoms with van der Waals surface area (Å²) >= 11 is 0. The average molecular weight is 825 g/mol. The first-order chi connectivity index (χ1) is 29.0. The largest absolute Gasteiger partial charge is 0.458 e. The lowest BCUT2D eigenvalue weighted by Gasteiger charge is -2.42. The number of likely N-dealkylation sites (N-methyl/N-ethyl adjacent to an activating group) is 2. The molecule has 3 aromatic carbocycles. The summed E-state index contributed by atoms with van der Waals surface area (Å²) in [6, 6.07) is 22.4. The van der Waals surface area contributed by atoms with E-state index in [2.05, 4.69) is 54.0 Å². The number of aliphatic hydroxyl groups is 2. The smallest absolute Gasteiger partial charge is 0.358 e. The number of carbonyl (C=O) groups excluding carboxylic acids is 2. The van der Waals surface area contributed by atoms with Crippen LogP contribution in [0.15, 0.2) is 85.2 Å². The number of aliphatic hydroxyl groups excluding tert-OH is 2. The Morgan fingerprint density at radius 1 is 0.617 bits per heavy atom. The van der Waals surface area contributed by atoms with Gasteiger partial charge in [0, 0.05) is 38.0 Å². The molecule has 1 unspecified atom stereocenters. The van der Waals surface area contributed by atoms with Crippen LogP contribution in [-0.2, 0) is 41.5 Å². The molecule has 5 aromatic rings. The molecule has 0 spiro atoms. The third-order valence-electron chi connectivity index (χ3n) is 10.9. The number of rotatable bonds is 16. The van der Waals surface area contributed by atoms with E-state index in [1.165, 1.54) is 12.4 Å². The highest BCUT2D eigenvalue weighted by atomic mass is 16.7. The highest BCUT2D eigenvalue weighted by Gasteiger charge is 2.39. The number of aromatic nitrogens is 4. The molecule has 0 amide bonds. The van der Waals surface area contributed by atoms with Crippen LogP contribution in [0.2, 0.25) is 0 Å². The van der Waals surface area contributed by atoms with Crippen molar-refractivity contribution in [2.45, 2.75) is 88.9 Å². The van der Waals surface area contributed by atoms with Crippen molar-refractivity contribution in [2.75, 3.05) is 40.5 Å². The molecule has 0 bridgehead atoms. The summed E-state index contributed by atoms with van der Waals surface area (Å²) in [6.45, 7) is 5.05. The summed E-state index contributed by atoms with van der Waals surface area (Å²) in [5, 5.41) is 22.1. The minimum Gasteiger partial charge on any atom is -0.458 e. The first-order valence-electron chi connectivity index (χ1n) is 20.2. The van der Waals surface area contributed by atoms with Gasteiger partial charge in [-0.25, -0.2) is 19.6 Å². The van der Waals surface area contributed by atoms with Crippen LogP contribution >= 0.6 is 0 Å². The average Bonchev–Trinajstić information content (AvgIpc) is 3.26. The molecule has 2 aliphatic heterocycles. The van der Waals surface area contributed by atoms with E-state index < -0.39 is 48.9 Å². The number of carbonyl (C=O) groups is 2. The van der Waals surface area contributed by atoms with E-state index in [-0.39, 0.29) is 49.9 Å². The van der Waals surface area contributed by atoms with Gasteiger partial charge in [-0.15, -0.1) is 0 Å². The molecule has 2 N–H and O–H groups in total. The van der Waals surface area contributed by atoms with Crippen LogP contribution in [0.5, 0.6) is 0 Å². The number of ether oxygens (including phenoxy) is 6. The van der Waals surface area contributed by atoms with Crippen molar-refractivity contribution < 1.29 is 48.2 Å². The van der Waals surface area contributed by atoms with Gasteiger partial charge in [0.05, 0.1) is 72.1 Å². The van der Waals surface area contributed by atoms with Gasteiger partial charge in [-0.05, 0) is 63.3 Å². The molecule has 16 nitrogen and oxygen atoms in total. The molecule has 4 heterocycles. The highest BCUT2D eigenvalue weighted by Crippen LogP contribution is 2.28. The van der Waals surface area contributed by atoms with Gasteiger partial charge in [0.2, 0.25) is 0 Å². The number of nitrogens with zero attached hydrogens (tertiary/aromatic N) is 6. The number of benzene rings is 3. The number of fused-ring (bicyclic) bond motifs is 2. The molecule has 2 saturated heterocycles. The fraction of sp³-hybridized carbons (Fsp3) is 0.455. The maximum absolute atomic E-state index is 12.6. The van der Waals surface area contributed by atoms with E-state index >= 15 is 0 Å². The van der Waals surface area contributed by atoms with Crippen molar-refractivity contribution >= 4 is 34.0 Å². The Hall–Kier alpha value is -5.04. The number of esters is 2. The summed E-state index contributed by atoms with van der Waals surface area (Å²) in [6.07, 6.45) is 0.0833. The van der Waals surface area contributed by atoms with Gasteiger partial charge in [0.25, 0.3) is 0 Å². The number of para-hydroxylation sites is 4. The molecule has 318 valence electrons. The topological polar surface area (TPSA) is 188 Å². The van der Waals surface area contributed by atoms with Gasteiger partial charge in [-0.2, -0.15) is 0 Å². The van der Waals surface area contributed by atoms with Crippen molar-refractivity contribution in [1.82, 2.24) is 29.7 Å². The van der Waals surface area contributed by atoms with Gasteiger partial charge in [-0.3, -0.25) is 19.8 Å². The second-order valence-electron chi connectivity index (χ2n) is 15.3. The zero-order valence-electron chi connectivity index (χ0n) is 34.2. The van der Waals surface area contributed by atoms with Gasteiger partial charge < -0.3 is 38.6 Å². The predicted molar refractivity (Wildman–Crippen MR) is 218 cm³/mol. The minimum absolute atomic E-state index is 0.0100. The molecule has 2 aromatic heterocycles. The predicted octanol–water partition coefficient (Wildman–Crippen LogP) is 3.91. The first kappa shape index (κ1) is 43.1. The molecular weight excluding hydrogens is 773 g/mol. The molecule has 0 radical (unpaired) electrons. The van der Waals surface area contributed by atoms with Gasteiger partial charge in [0.15, 0.2) is 24.0 Å². The monoisotopic (exact) mass is 824 g/mol. The van der Waals surface area contributed by atoms with E-state index in [9.17, 15) is 19.8 Å². The van der Waals surface area contributed by atoms with Gasteiger partial charge >= 0.3 is 11.9 Å². The number of hydrogen-bond acceptors (Lipinski definition) is 16. The molecule has 16 heteroatoms. The maximum atomic E-state index is 12.6. The zero-order chi connectivity index (χ0) is 42.2. The summed E-state index contributed by atoms with van der Waals surface area (Å²) in [5.41, 5.74) is 4.98. The lowest BCUT2D eigenvalue weighted by atomic mass is 9.97. The third kappa shape index (κ3) is 10.8. The molecular formula is C44H52N6O10. The summed E-state index contributed by atoms with van der Waals surface area (Å²) < 4.78 is 34.5. The second kappa shape index (κ2) is 20.0. The molecule has 7 rings (SSSR count). The fourth-order valence-corrected chi connectivity index (χ4v) is 7.59. The highest BCUT2D eigenvalue weighted by molar-refractivity contribution is 5.90. The molecule has 0 saturated carbocycles. The Balaban J connectivity index is 0.838. The molecule has 60 heavy (non-hydrogen) atoms. The van der Waals surface area contributed by atoms with Gasteiger partial charge in [-0.1, -0.05) is 48.5 Å². The quantitative estimate of drug-likeness (QED) is 0.108. The van der Waals surface area contributed by atoms with Crippen LogP contribution in [0.1, 0.15) is 58.8 Å². The summed E-state index contributed by atoms with van der Waals surface area (Å²) in [5.74, 6) is -1.17. The lowest BCUT2D eigenvalue weighted by Crippen LogP contribution is -2.54. The molecule has 2 fully saturated rings. The van der Waals surface area contributed by atoms with Gasteiger partial charge in [0.1, 0.15) is 13.2 Å². The van der Waals surface area contributed by atoms with Crippen molar-refractivity contribution in [2.24, 2.45) is 0 Å². The van der Waals surface area contributed by atoms with Crippen LogP contribution in [-0.4, -0.2) is 141 Å². The minimum atomic E-state index is -0.728. The van der Waals surface area contributed by atoms with E-state index in [0.717, 1.165) is 11.1 Å². The van der Waals surface area contributed by atoms with Crippen LogP contribution in [0.4, 0.5) is 0 Å². The Morgan fingerprint density at radius 2 is 1.00 bits per heavy atom. The van der Waals surface area contributed by atoms with Crippen molar-refractivity contribution in [3.05, 3.63) is 108 Å². The standard InChI is InChI=1S/C44H52N6O10/c1-27-41(51)37(21-39(59-27)55-17-19-57-43(53)35-23-45-31-9-5-7-11-33(31)47-35)49(3)25-29-13-15-30(16-14-29)26-50(4)38-22-40(60-28(2)42(38)52)56-18-20-58-44(54)36-24-46-32-10-6-8-12-34(32)48-36/h5-16,23-24,27-28,37-42,51-52H,17-22,25-26H2,1-4H3/t27-,28-,37-,38-,39+,40?,41-,42-/m1/s1. The molecule has 8 atom stereocenters. The summed E-state index contributed by atoms with van der Waals surface area (Å²) in [4.78, 5) is 46.5. The van der Waals surface area contributed by atoms with E-state index in [0.29, 0.717) is 48.0 Å². The fourth-order valence-electron chi connectivity index (χ4n) is 7.59. The second-order valence-corrected chi connectivity index (χ2v) is 15.3. The SMILES string of the molecule is C[C@H]1OC(OCCOC(=O)c2cnc3ccccc3n2)C[C@@H](N(C)Cc2ccc(CN(C)[C@@H]3C[C@@H](OCCOC(=O)c4cnc5ccccc5n4)O[C@H](C)[C@H]3O)cc2)[C@@H]1O. The van der Waals surface area contributed by atoms with E-state index in [1.54, 1.807) is 12.1 Å². The van der Waals surface area contributed by atoms with Crippen molar-refractivity contribution in [3.8, 4) is 0 Å². The Morgan fingerprint density at radius 3 is 1.40 bits per heavy atom. The Kier molecular flexibility index (Phi) is 14.4. The maximum Gasteiger partial charge on any atom is 0.358 e. The number of hydrogen-bond donors (Lipinski definition) is 2. The third-order valence-corrected chi connectivity index (χ3v) is 10.9. The molecule has 2 aliphatic rings. The van der Waals surface area contributed by atoms with Crippen LogP contribution in [0.25, 0.3) is 22.1 Å². The lowest BCUT2D eigenvalue weighted by molar-refractivity contribution is -0.237. The van der Waals surface area contributed by atoms with E-state index in [4.69, 9.17) is 28.4 Å². The van der Waals surface area contributed by atoms with Crippen LogP contribution < -0.4 is 0 Å². The van der Waals surface area contributed by atoms with Crippen molar-refractivity contribution in [1.29, 1.82) is 0 Å². The first-order valence-corrected chi connectivity index (χ1v) is 20.2. The van der Waals surface area contributed by atoms with Crippen molar-refractivity contribution in [3.63, 3.8) is 0 Å². The Bertz CT molecular complexity index is 2060. The zero-order valence-corrected chi connectivity index (χ0v) is 34.2. The van der Waals surface area contributed by atoms with E-state index in [1.807, 2.05) is 64.3 Å². The normalized spacial score (nSPS) is 24.5. The summed E-state index contributed by atoms with van der Waals surface area (Å²) in [7, 11) is 3.93. The van der Waals surface area contributed by atoms with Crippen LogP contribution in [0, 0.1) is 0 Å². The van der Waals surface area contributed by atoms with Crippen LogP contribution in [0.3, 0.4) is 0 Å². The molecule has 0 aliphatic carbocycles. The Labute approximate surface area is 348 Å².